The summed E-state index contributed by atoms with van der Waals surface area (Å²) < 4.78 is 16.9. The molecule has 0 spiro atoms. The van der Waals surface area contributed by atoms with Crippen LogP contribution in [0.5, 0.6) is 11.5 Å². The normalized spacial score (nSPS) is 17.2. The highest BCUT2D eigenvalue weighted by atomic mass is 35.5. The number of carbonyl (C=O) groups excluding carboxylic acids is 1. The van der Waals surface area contributed by atoms with Crippen molar-refractivity contribution in [2.75, 3.05) is 88.8 Å². The van der Waals surface area contributed by atoms with Gasteiger partial charge in [-0.3, -0.25) is 9.69 Å². The Labute approximate surface area is 263 Å². The highest BCUT2D eigenvalue weighted by molar-refractivity contribution is 6.33. The van der Waals surface area contributed by atoms with Crippen molar-refractivity contribution in [2.45, 2.75) is 25.7 Å². The molecule has 0 bridgehead atoms. The van der Waals surface area contributed by atoms with Crippen molar-refractivity contribution in [3.63, 3.8) is 0 Å². The number of hydrogen-bond donors (Lipinski definition) is 2. The number of rotatable bonds is 9. The van der Waals surface area contributed by atoms with E-state index in [1.54, 1.807) is 20.4 Å². The van der Waals surface area contributed by atoms with Crippen molar-refractivity contribution in [1.29, 1.82) is 0 Å². The second-order valence-corrected chi connectivity index (χ2v) is 11.7. The average molecular weight is 622 g/mol. The number of fused-ring (bicyclic) bond motifs is 1. The predicted molar refractivity (Wildman–Crippen MR) is 172 cm³/mol. The number of amides is 1. The van der Waals surface area contributed by atoms with E-state index in [9.17, 15) is 4.79 Å². The molecule has 4 heterocycles. The highest BCUT2D eigenvalue weighted by Crippen LogP contribution is 2.36. The van der Waals surface area contributed by atoms with Gasteiger partial charge in [0, 0.05) is 51.0 Å². The van der Waals surface area contributed by atoms with E-state index in [4.69, 9.17) is 25.8 Å². The second kappa shape index (κ2) is 13.9. The van der Waals surface area contributed by atoms with Crippen molar-refractivity contribution in [1.82, 2.24) is 19.8 Å². The number of carbonyl (C=O) groups is 1. The van der Waals surface area contributed by atoms with Gasteiger partial charge in [-0.1, -0.05) is 11.6 Å². The molecule has 44 heavy (non-hydrogen) atoms. The van der Waals surface area contributed by atoms with Crippen LogP contribution in [0.3, 0.4) is 0 Å². The third-order valence-corrected chi connectivity index (χ3v) is 8.82. The van der Waals surface area contributed by atoms with E-state index in [-0.39, 0.29) is 5.91 Å². The van der Waals surface area contributed by atoms with Crippen LogP contribution in [0.15, 0.2) is 36.5 Å². The molecule has 6 rings (SSSR count). The molecule has 2 aromatic carbocycles. The Kier molecular flexibility index (Phi) is 9.54. The summed E-state index contributed by atoms with van der Waals surface area (Å²) in [4.78, 5) is 28.4. The Morgan fingerprint density at radius 2 is 1.61 bits per heavy atom. The summed E-state index contributed by atoms with van der Waals surface area (Å²) in [7, 11) is 3.31. The third-order valence-electron chi connectivity index (χ3n) is 8.54. The first-order chi connectivity index (χ1) is 21.5. The van der Waals surface area contributed by atoms with Crippen LogP contribution in [0.25, 0.3) is 0 Å². The van der Waals surface area contributed by atoms with Gasteiger partial charge in [0.15, 0.2) is 5.82 Å². The topological polar surface area (TPSA) is 104 Å². The zero-order valence-electron chi connectivity index (χ0n) is 25.4. The van der Waals surface area contributed by atoms with Crippen LogP contribution in [0.2, 0.25) is 5.02 Å². The SMILES string of the molecule is COc1cc2c(cc1Nc1ncc(Cl)c(Nc3ccc(N4CCOCC4)cc3OC)n1)CCN(CC(=O)N1CCCC1)CC2. The summed E-state index contributed by atoms with van der Waals surface area (Å²) >= 11 is 6.53. The molecule has 12 heteroatoms. The number of aromatic nitrogens is 2. The lowest BCUT2D eigenvalue weighted by Crippen LogP contribution is -2.40. The summed E-state index contributed by atoms with van der Waals surface area (Å²) in [6, 6.07) is 10.2. The second-order valence-electron chi connectivity index (χ2n) is 11.3. The summed E-state index contributed by atoms with van der Waals surface area (Å²) in [6.07, 6.45) is 5.49. The lowest BCUT2D eigenvalue weighted by Gasteiger charge is -2.29. The monoisotopic (exact) mass is 621 g/mol. The van der Waals surface area contributed by atoms with Crippen LogP contribution in [0.1, 0.15) is 24.0 Å². The van der Waals surface area contributed by atoms with E-state index in [1.165, 1.54) is 11.1 Å². The van der Waals surface area contributed by atoms with Gasteiger partial charge in [0.1, 0.15) is 16.5 Å². The van der Waals surface area contributed by atoms with E-state index in [1.807, 2.05) is 17.0 Å². The smallest absolute Gasteiger partial charge is 0.236 e. The summed E-state index contributed by atoms with van der Waals surface area (Å²) in [5, 5.41) is 7.04. The quantitative estimate of drug-likeness (QED) is 0.355. The number of hydrogen-bond acceptors (Lipinski definition) is 10. The maximum absolute atomic E-state index is 12.8. The average Bonchev–Trinajstić information content (AvgIpc) is 3.53. The van der Waals surface area contributed by atoms with E-state index >= 15 is 0 Å². The Balaban J connectivity index is 1.16. The van der Waals surface area contributed by atoms with Gasteiger partial charge in [-0.05, 0) is 61.1 Å². The molecule has 3 aliphatic rings. The zero-order chi connectivity index (χ0) is 30.5. The third kappa shape index (κ3) is 6.95. The Morgan fingerprint density at radius 3 is 2.34 bits per heavy atom. The molecule has 3 aliphatic heterocycles. The Morgan fingerprint density at radius 1 is 0.909 bits per heavy atom. The number of nitrogens with one attached hydrogen (secondary N) is 2. The number of likely N-dealkylation sites (tertiary alicyclic amines) is 1. The van der Waals surface area contributed by atoms with Crippen LogP contribution in [0, 0.1) is 0 Å². The van der Waals surface area contributed by atoms with Crippen molar-refractivity contribution in [3.05, 3.63) is 52.7 Å². The van der Waals surface area contributed by atoms with Crippen LogP contribution >= 0.6 is 11.6 Å². The summed E-state index contributed by atoms with van der Waals surface area (Å²) in [5.41, 5.74) is 5.04. The fraction of sp³-hybridized carbons (Fsp3) is 0.469. The molecule has 3 aromatic rings. The lowest BCUT2D eigenvalue weighted by molar-refractivity contribution is -0.131. The summed E-state index contributed by atoms with van der Waals surface area (Å²) in [5.74, 6) is 2.46. The number of nitrogens with zero attached hydrogens (tertiary/aromatic N) is 5. The largest absolute Gasteiger partial charge is 0.495 e. The molecule has 2 saturated heterocycles. The molecule has 2 N–H and O–H groups in total. The van der Waals surface area contributed by atoms with Crippen LogP contribution in [-0.2, 0) is 22.4 Å². The summed E-state index contributed by atoms with van der Waals surface area (Å²) in [6.45, 7) is 7.02. The molecule has 0 unspecified atom stereocenters. The van der Waals surface area contributed by atoms with E-state index in [2.05, 4.69) is 48.6 Å². The molecule has 234 valence electrons. The van der Waals surface area contributed by atoms with Crippen LogP contribution in [0.4, 0.5) is 28.8 Å². The zero-order valence-corrected chi connectivity index (χ0v) is 26.2. The standard InChI is InChI=1S/C32H40ClN7O4/c1-42-28-18-23-8-12-38(21-30(41)40-9-3-4-10-40)11-7-22(23)17-27(28)36-32-34-20-25(33)31(37-32)35-26-6-5-24(19-29(26)43-2)39-13-15-44-16-14-39/h5-6,17-20H,3-4,7-16,21H2,1-2H3,(H2,34,35,36,37). The molecule has 1 aromatic heterocycles. The number of morpholine rings is 1. The van der Waals surface area contributed by atoms with Gasteiger partial charge in [0.05, 0.1) is 51.5 Å². The van der Waals surface area contributed by atoms with Gasteiger partial charge < -0.3 is 34.6 Å². The van der Waals surface area contributed by atoms with Crippen LogP contribution < -0.4 is 25.0 Å². The molecule has 0 saturated carbocycles. The van der Waals surface area contributed by atoms with E-state index in [0.717, 1.165) is 82.0 Å². The molecular weight excluding hydrogens is 582 g/mol. The number of benzene rings is 2. The lowest BCUT2D eigenvalue weighted by atomic mass is 10.0. The highest BCUT2D eigenvalue weighted by Gasteiger charge is 2.23. The number of methoxy groups -OCH3 is 2. The van der Waals surface area contributed by atoms with Crippen molar-refractivity contribution in [3.8, 4) is 11.5 Å². The number of anilines is 5. The van der Waals surface area contributed by atoms with Gasteiger partial charge >= 0.3 is 0 Å². The van der Waals surface area contributed by atoms with E-state index < -0.39 is 0 Å². The van der Waals surface area contributed by atoms with Crippen molar-refractivity contribution < 1.29 is 19.0 Å². The first-order valence-electron chi connectivity index (χ1n) is 15.3. The first kappa shape index (κ1) is 30.2. The predicted octanol–water partition coefficient (Wildman–Crippen LogP) is 4.49. The number of ether oxygens (including phenoxy) is 3. The molecule has 2 fully saturated rings. The maximum atomic E-state index is 12.8. The number of halogens is 1. The van der Waals surface area contributed by atoms with Crippen molar-refractivity contribution >= 4 is 46.3 Å². The van der Waals surface area contributed by atoms with Gasteiger partial charge in [0.25, 0.3) is 0 Å². The van der Waals surface area contributed by atoms with Gasteiger partial charge in [-0.2, -0.15) is 4.98 Å². The molecule has 11 nitrogen and oxygen atoms in total. The molecule has 0 radical (unpaired) electrons. The minimum absolute atomic E-state index is 0.239. The molecule has 1 amide bonds. The maximum Gasteiger partial charge on any atom is 0.236 e. The molecular formula is C32H40ClN7O4. The fourth-order valence-electron chi connectivity index (χ4n) is 6.05. The first-order valence-corrected chi connectivity index (χ1v) is 15.7. The van der Waals surface area contributed by atoms with Crippen LogP contribution in [-0.4, -0.2) is 98.9 Å². The van der Waals surface area contributed by atoms with Gasteiger partial charge in [0.2, 0.25) is 11.9 Å². The van der Waals surface area contributed by atoms with Gasteiger partial charge in [-0.15, -0.1) is 0 Å². The minimum atomic E-state index is 0.239. The Hall–Kier alpha value is -3.80. The fourth-order valence-corrected chi connectivity index (χ4v) is 6.19. The minimum Gasteiger partial charge on any atom is -0.495 e. The molecule has 0 aliphatic carbocycles. The molecule has 0 atom stereocenters. The van der Waals surface area contributed by atoms with E-state index in [0.29, 0.717) is 48.0 Å². The van der Waals surface area contributed by atoms with Crippen molar-refractivity contribution in [2.24, 2.45) is 0 Å². The van der Waals surface area contributed by atoms with Gasteiger partial charge in [-0.25, -0.2) is 4.98 Å². The Bertz CT molecular complexity index is 1480.